The lowest BCUT2D eigenvalue weighted by Gasteiger charge is -2.28. The zero-order valence-electron chi connectivity index (χ0n) is 10.2. The molecule has 0 spiro atoms. The summed E-state index contributed by atoms with van der Waals surface area (Å²) in [5.74, 6) is 0. The van der Waals surface area contributed by atoms with Crippen LogP contribution in [0, 0.1) is 0 Å². The van der Waals surface area contributed by atoms with E-state index in [0.29, 0.717) is 5.54 Å². The molecule has 88 valence electrons. The Hall–Kier alpha value is -0.930. The Kier molecular flexibility index (Phi) is 3.56. The van der Waals surface area contributed by atoms with Crippen LogP contribution in [0.5, 0.6) is 0 Å². The van der Waals surface area contributed by atoms with Crippen LogP contribution in [0.4, 0.5) is 0 Å². The SMILES string of the molecule is CNC1(CCc2ccncc2)CCN(C)C1. The first-order chi connectivity index (χ1) is 7.74. The van der Waals surface area contributed by atoms with Crippen LogP contribution in [0.1, 0.15) is 18.4 Å². The highest BCUT2D eigenvalue weighted by atomic mass is 15.2. The highest BCUT2D eigenvalue weighted by Gasteiger charge is 2.34. The van der Waals surface area contributed by atoms with Crippen LogP contribution in [0.15, 0.2) is 24.5 Å². The highest BCUT2D eigenvalue weighted by Crippen LogP contribution is 2.25. The van der Waals surface area contributed by atoms with Gasteiger partial charge in [0.25, 0.3) is 0 Å². The minimum absolute atomic E-state index is 0.317. The van der Waals surface area contributed by atoms with Gasteiger partial charge in [-0.15, -0.1) is 0 Å². The fourth-order valence-electron chi connectivity index (χ4n) is 2.55. The molecule has 1 aromatic rings. The van der Waals surface area contributed by atoms with Crippen LogP contribution in [-0.2, 0) is 6.42 Å². The van der Waals surface area contributed by atoms with E-state index in [-0.39, 0.29) is 0 Å². The normalized spacial score (nSPS) is 26.1. The zero-order valence-corrected chi connectivity index (χ0v) is 10.2. The predicted octanol–water partition coefficient (Wildman–Crippen LogP) is 1.31. The summed E-state index contributed by atoms with van der Waals surface area (Å²) >= 11 is 0. The minimum Gasteiger partial charge on any atom is -0.313 e. The zero-order chi connectivity index (χ0) is 11.4. The second-order valence-electron chi connectivity index (χ2n) is 4.87. The van der Waals surface area contributed by atoms with Crippen LogP contribution < -0.4 is 5.32 Å². The number of hydrogen-bond acceptors (Lipinski definition) is 3. The van der Waals surface area contributed by atoms with E-state index >= 15 is 0 Å². The molecule has 1 aromatic heterocycles. The van der Waals surface area contributed by atoms with Crippen molar-refractivity contribution >= 4 is 0 Å². The number of rotatable bonds is 4. The summed E-state index contributed by atoms with van der Waals surface area (Å²) in [7, 11) is 4.29. The fraction of sp³-hybridized carbons (Fsp3) is 0.615. The molecule has 1 unspecified atom stereocenters. The van der Waals surface area contributed by atoms with Gasteiger partial charge in [-0.05, 0) is 57.6 Å². The van der Waals surface area contributed by atoms with E-state index in [1.165, 1.54) is 24.9 Å². The summed E-state index contributed by atoms with van der Waals surface area (Å²) in [6.07, 6.45) is 7.35. The van der Waals surface area contributed by atoms with Gasteiger partial charge in [-0.1, -0.05) is 0 Å². The summed E-state index contributed by atoms with van der Waals surface area (Å²) in [5, 5.41) is 3.52. The molecule has 0 radical (unpaired) electrons. The topological polar surface area (TPSA) is 28.2 Å². The number of likely N-dealkylation sites (N-methyl/N-ethyl adjacent to an activating group) is 2. The highest BCUT2D eigenvalue weighted by molar-refractivity contribution is 5.11. The van der Waals surface area contributed by atoms with Gasteiger partial charge in [0.05, 0.1) is 0 Å². The summed E-state index contributed by atoms with van der Waals surface area (Å²) in [6, 6.07) is 4.23. The molecule has 1 aliphatic rings. The molecule has 1 saturated heterocycles. The number of likely N-dealkylation sites (tertiary alicyclic amines) is 1. The first-order valence-corrected chi connectivity index (χ1v) is 6.00. The van der Waals surface area contributed by atoms with Gasteiger partial charge in [0.15, 0.2) is 0 Å². The Labute approximate surface area is 97.9 Å². The number of hydrogen-bond donors (Lipinski definition) is 1. The Balaban J connectivity index is 1.93. The first-order valence-electron chi connectivity index (χ1n) is 6.00. The predicted molar refractivity (Wildman–Crippen MR) is 66.5 cm³/mol. The minimum atomic E-state index is 0.317. The molecule has 0 aromatic carbocycles. The first kappa shape index (κ1) is 11.6. The fourth-order valence-corrected chi connectivity index (χ4v) is 2.55. The van der Waals surface area contributed by atoms with E-state index in [0.717, 1.165) is 13.0 Å². The lowest BCUT2D eigenvalue weighted by Crippen LogP contribution is -2.45. The van der Waals surface area contributed by atoms with Gasteiger partial charge in [-0.25, -0.2) is 0 Å². The maximum absolute atomic E-state index is 4.05. The molecule has 16 heavy (non-hydrogen) atoms. The molecule has 2 heterocycles. The quantitative estimate of drug-likeness (QED) is 0.827. The van der Waals surface area contributed by atoms with Crippen molar-refractivity contribution in [1.82, 2.24) is 15.2 Å². The summed E-state index contributed by atoms with van der Waals surface area (Å²) in [5.41, 5.74) is 1.71. The average Bonchev–Trinajstić information content (AvgIpc) is 2.71. The number of nitrogens with one attached hydrogen (secondary N) is 1. The van der Waals surface area contributed by atoms with E-state index in [1.54, 1.807) is 0 Å². The van der Waals surface area contributed by atoms with Crippen molar-refractivity contribution in [3.63, 3.8) is 0 Å². The van der Waals surface area contributed by atoms with Crippen LogP contribution in [0.25, 0.3) is 0 Å². The van der Waals surface area contributed by atoms with Gasteiger partial charge < -0.3 is 10.2 Å². The maximum atomic E-state index is 4.05. The molecule has 2 rings (SSSR count). The average molecular weight is 219 g/mol. The molecule has 0 amide bonds. The molecular formula is C13H21N3. The Morgan fingerprint density at radius 1 is 1.44 bits per heavy atom. The van der Waals surface area contributed by atoms with Gasteiger partial charge in [-0.3, -0.25) is 4.98 Å². The van der Waals surface area contributed by atoms with Crippen molar-refractivity contribution in [2.75, 3.05) is 27.2 Å². The van der Waals surface area contributed by atoms with Crippen molar-refractivity contribution < 1.29 is 0 Å². The molecule has 0 aliphatic carbocycles. The van der Waals surface area contributed by atoms with Gasteiger partial charge in [0, 0.05) is 24.5 Å². The van der Waals surface area contributed by atoms with Crippen LogP contribution in [0.3, 0.4) is 0 Å². The Morgan fingerprint density at radius 3 is 2.75 bits per heavy atom. The summed E-state index contributed by atoms with van der Waals surface area (Å²) < 4.78 is 0. The second-order valence-corrected chi connectivity index (χ2v) is 4.87. The van der Waals surface area contributed by atoms with Crippen LogP contribution >= 0.6 is 0 Å². The molecule has 1 aliphatic heterocycles. The maximum Gasteiger partial charge on any atom is 0.0321 e. The summed E-state index contributed by atoms with van der Waals surface area (Å²) in [4.78, 5) is 6.46. The third kappa shape index (κ3) is 2.60. The van der Waals surface area contributed by atoms with Gasteiger partial charge >= 0.3 is 0 Å². The number of aryl methyl sites for hydroxylation is 1. The van der Waals surface area contributed by atoms with Crippen molar-refractivity contribution in [2.24, 2.45) is 0 Å². The van der Waals surface area contributed by atoms with Gasteiger partial charge in [0.1, 0.15) is 0 Å². The molecule has 0 saturated carbocycles. The van der Waals surface area contributed by atoms with E-state index in [2.05, 4.69) is 41.4 Å². The molecule has 1 fully saturated rings. The van der Waals surface area contributed by atoms with Crippen molar-refractivity contribution in [3.8, 4) is 0 Å². The van der Waals surface area contributed by atoms with Crippen molar-refractivity contribution in [3.05, 3.63) is 30.1 Å². The van der Waals surface area contributed by atoms with Gasteiger partial charge in [0.2, 0.25) is 0 Å². The van der Waals surface area contributed by atoms with Crippen molar-refractivity contribution in [2.45, 2.75) is 24.8 Å². The van der Waals surface area contributed by atoms with E-state index in [1.807, 2.05) is 12.4 Å². The number of nitrogens with zero attached hydrogens (tertiary/aromatic N) is 2. The lowest BCUT2D eigenvalue weighted by atomic mass is 9.91. The van der Waals surface area contributed by atoms with Crippen LogP contribution in [-0.4, -0.2) is 42.6 Å². The summed E-state index contributed by atoms with van der Waals surface area (Å²) in [6.45, 7) is 2.37. The molecule has 1 N–H and O–H groups in total. The number of aromatic nitrogens is 1. The third-order valence-corrected chi connectivity index (χ3v) is 3.72. The lowest BCUT2D eigenvalue weighted by molar-refractivity contribution is 0.310. The largest absolute Gasteiger partial charge is 0.313 e. The Bertz CT molecular complexity index is 325. The Morgan fingerprint density at radius 2 is 2.19 bits per heavy atom. The van der Waals surface area contributed by atoms with Crippen molar-refractivity contribution in [1.29, 1.82) is 0 Å². The molecule has 1 atom stereocenters. The smallest absolute Gasteiger partial charge is 0.0321 e. The standard InChI is InChI=1S/C13H21N3/c1-14-13(7-10-16(2)11-13)6-3-12-4-8-15-9-5-12/h4-5,8-9,14H,3,6-7,10-11H2,1-2H3. The van der Waals surface area contributed by atoms with E-state index in [9.17, 15) is 0 Å². The molecule has 3 nitrogen and oxygen atoms in total. The molecule has 0 bridgehead atoms. The number of pyridine rings is 1. The second kappa shape index (κ2) is 4.93. The van der Waals surface area contributed by atoms with Crippen LogP contribution in [0.2, 0.25) is 0 Å². The monoisotopic (exact) mass is 219 g/mol. The molecular weight excluding hydrogens is 198 g/mol. The molecule has 3 heteroatoms. The van der Waals surface area contributed by atoms with Gasteiger partial charge in [-0.2, -0.15) is 0 Å². The van der Waals surface area contributed by atoms with E-state index < -0.39 is 0 Å². The third-order valence-electron chi connectivity index (χ3n) is 3.72. The van der Waals surface area contributed by atoms with E-state index in [4.69, 9.17) is 0 Å².